The van der Waals surface area contributed by atoms with Crippen molar-refractivity contribution in [2.24, 2.45) is 23.5 Å². The summed E-state index contributed by atoms with van der Waals surface area (Å²) in [5, 5.41) is 0. The number of carbonyl (C=O) groups is 1. The lowest BCUT2D eigenvalue weighted by molar-refractivity contribution is -0.145. The fourth-order valence-corrected chi connectivity index (χ4v) is 2.85. The van der Waals surface area contributed by atoms with Gasteiger partial charge < -0.3 is 15.4 Å². The van der Waals surface area contributed by atoms with Gasteiger partial charge in [0.15, 0.2) is 0 Å². The highest BCUT2D eigenvalue weighted by atomic mass is 16.5. The van der Waals surface area contributed by atoms with Crippen LogP contribution in [0.15, 0.2) is 0 Å². The topological polar surface area (TPSA) is 55.6 Å². The van der Waals surface area contributed by atoms with Crippen molar-refractivity contribution in [3.63, 3.8) is 0 Å². The number of likely N-dealkylation sites (tertiary alicyclic amines) is 1. The Morgan fingerprint density at radius 3 is 2.71 bits per heavy atom. The van der Waals surface area contributed by atoms with Crippen LogP contribution in [-0.4, -0.2) is 43.2 Å². The number of hydrogen-bond donors (Lipinski definition) is 1. The Labute approximate surface area is 103 Å². The van der Waals surface area contributed by atoms with E-state index >= 15 is 0 Å². The molecule has 17 heavy (non-hydrogen) atoms. The van der Waals surface area contributed by atoms with Crippen LogP contribution in [0, 0.1) is 17.8 Å². The molecule has 2 rings (SSSR count). The van der Waals surface area contributed by atoms with Gasteiger partial charge in [-0.3, -0.25) is 4.79 Å². The van der Waals surface area contributed by atoms with Gasteiger partial charge in [0, 0.05) is 19.7 Å². The Morgan fingerprint density at radius 1 is 1.35 bits per heavy atom. The average molecular weight is 240 g/mol. The first-order chi connectivity index (χ1) is 8.13. The van der Waals surface area contributed by atoms with Gasteiger partial charge in [-0.15, -0.1) is 0 Å². The molecule has 2 aliphatic heterocycles. The molecule has 0 spiro atoms. The normalized spacial score (nSPS) is 38.4. The van der Waals surface area contributed by atoms with Crippen molar-refractivity contribution in [3.05, 3.63) is 0 Å². The average Bonchev–Trinajstić information content (AvgIpc) is 2.75. The molecule has 2 saturated heterocycles. The van der Waals surface area contributed by atoms with Gasteiger partial charge in [-0.2, -0.15) is 0 Å². The quantitative estimate of drug-likeness (QED) is 0.778. The molecule has 2 heterocycles. The fraction of sp³-hybridized carbons (Fsp3) is 0.923. The van der Waals surface area contributed by atoms with E-state index in [1.807, 2.05) is 4.90 Å². The summed E-state index contributed by atoms with van der Waals surface area (Å²) in [7, 11) is 0. The third-order valence-electron chi connectivity index (χ3n) is 4.36. The molecule has 0 saturated carbocycles. The maximum absolute atomic E-state index is 12.3. The minimum absolute atomic E-state index is 0.181. The molecular formula is C13H24N2O2. The van der Waals surface area contributed by atoms with E-state index in [1.54, 1.807) is 0 Å². The van der Waals surface area contributed by atoms with Gasteiger partial charge in [0.25, 0.3) is 5.91 Å². The van der Waals surface area contributed by atoms with Crippen molar-refractivity contribution in [2.45, 2.75) is 32.8 Å². The molecular weight excluding hydrogens is 216 g/mol. The molecule has 2 fully saturated rings. The fourth-order valence-electron chi connectivity index (χ4n) is 2.85. The summed E-state index contributed by atoms with van der Waals surface area (Å²) in [6.45, 7) is 7.40. The predicted octanol–water partition coefficient (Wildman–Crippen LogP) is 0.855. The molecule has 0 radical (unpaired) electrons. The summed E-state index contributed by atoms with van der Waals surface area (Å²) in [4.78, 5) is 14.3. The van der Waals surface area contributed by atoms with E-state index < -0.39 is 0 Å². The molecule has 0 aromatic heterocycles. The Kier molecular flexibility index (Phi) is 4.05. The van der Waals surface area contributed by atoms with E-state index in [1.165, 1.54) is 0 Å². The van der Waals surface area contributed by atoms with E-state index in [2.05, 4.69) is 13.8 Å². The third kappa shape index (κ3) is 2.63. The number of hydrogen-bond acceptors (Lipinski definition) is 3. The van der Waals surface area contributed by atoms with E-state index in [-0.39, 0.29) is 12.0 Å². The largest absolute Gasteiger partial charge is 0.368 e. The smallest absolute Gasteiger partial charge is 0.251 e. The zero-order valence-electron chi connectivity index (χ0n) is 10.9. The first-order valence-corrected chi connectivity index (χ1v) is 6.74. The van der Waals surface area contributed by atoms with Gasteiger partial charge in [0.05, 0.1) is 0 Å². The second kappa shape index (κ2) is 5.36. The summed E-state index contributed by atoms with van der Waals surface area (Å²) in [6.07, 6.45) is 1.86. The molecule has 2 aliphatic rings. The number of piperidine rings is 1. The number of nitrogens with two attached hydrogens (primary N) is 1. The van der Waals surface area contributed by atoms with E-state index in [9.17, 15) is 4.79 Å². The third-order valence-corrected chi connectivity index (χ3v) is 4.36. The summed E-state index contributed by atoms with van der Waals surface area (Å²) in [5.74, 6) is 1.62. The Bertz CT molecular complexity index is 283. The maximum Gasteiger partial charge on any atom is 0.251 e. The van der Waals surface area contributed by atoms with Crippen molar-refractivity contribution < 1.29 is 9.53 Å². The molecule has 98 valence electrons. The van der Waals surface area contributed by atoms with Crippen molar-refractivity contribution in [1.29, 1.82) is 0 Å². The van der Waals surface area contributed by atoms with Crippen LogP contribution in [0.4, 0.5) is 0 Å². The zero-order valence-corrected chi connectivity index (χ0v) is 10.9. The number of rotatable bonds is 2. The summed E-state index contributed by atoms with van der Waals surface area (Å²) in [6, 6.07) is 0. The van der Waals surface area contributed by atoms with Crippen molar-refractivity contribution >= 4 is 5.91 Å². The summed E-state index contributed by atoms with van der Waals surface area (Å²) < 4.78 is 5.55. The van der Waals surface area contributed by atoms with Gasteiger partial charge in [0.2, 0.25) is 0 Å². The van der Waals surface area contributed by atoms with Crippen LogP contribution in [0.2, 0.25) is 0 Å². The molecule has 4 atom stereocenters. The van der Waals surface area contributed by atoms with Gasteiger partial charge in [-0.05, 0) is 37.1 Å². The van der Waals surface area contributed by atoms with Crippen LogP contribution >= 0.6 is 0 Å². The predicted molar refractivity (Wildman–Crippen MR) is 66.4 cm³/mol. The Morgan fingerprint density at radius 2 is 2.12 bits per heavy atom. The number of carbonyl (C=O) groups excluding carboxylic acids is 1. The Hall–Kier alpha value is -0.610. The lowest BCUT2D eigenvalue weighted by atomic mass is 9.86. The first kappa shape index (κ1) is 12.8. The van der Waals surface area contributed by atoms with Crippen molar-refractivity contribution in [1.82, 2.24) is 4.90 Å². The van der Waals surface area contributed by atoms with Crippen LogP contribution in [0.5, 0.6) is 0 Å². The lowest BCUT2D eigenvalue weighted by Crippen LogP contribution is -2.49. The minimum Gasteiger partial charge on any atom is -0.368 e. The highest BCUT2D eigenvalue weighted by molar-refractivity contribution is 5.81. The number of amides is 1. The van der Waals surface area contributed by atoms with Crippen LogP contribution in [0.1, 0.15) is 26.7 Å². The highest BCUT2D eigenvalue weighted by Crippen LogP contribution is 2.26. The molecule has 1 amide bonds. The molecule has 4 nitrogen and oxygen atoms in total. The Balaban J connectivity index is 1.95. The lowest BCUT2D eigenvalue weighted by Gasteiger charge is -2.38. The van der Waals surface area contributed by atoms with E-state index in [0.717, 1.165) is 32.5 Å². The second-order valence-electron chi connectivity index (χ2n) is 5.60. The molecule has 4 unspecified atom stereocenters. The van der Waals surface area contributed by atoms with Crippen molar-refractivity contribution in [3.8, 4) is 0 Å². The van der Waals surface area contributed by atoms with Crippen molar-refractivity contribution in [2.75, 3.05) is 26.2 Å². The van der Waals surface area contributed by atoms with Gasteiger partial charge in [0.1, 0.15) is 6.10 Å². The monoisotopic (exact) mass is 240 g/mol. The molecule has 4 heteroatoms. The first-order valence-electron chi connectivity index (χ1n) is 6.74. The summed E-state index contributed by atoms with van der Waals surface area (Å²) >= 11 is 0. The molecule has 0 aromatic carbocycles. The zero-order chi connectivity index (χ0) is 12.4. The highest BCUT2D eigenvalue weighted by Gasteiger charge is 2.36. The van der Waals surface area contributed by atoms with E-state index in [0.29, 0.717) is 24.3 Å². The number of ether oxygens (including phenoxy) is 1. The van der Waals surface area contributed by atoms with E-state index in [4.69, 9.17) is 10.5 Å². The van der Waals surface area contributed by atoms with Crippen LogP contribution in [0.25, 0.3) is 0 Å². The van der Waals surface area contributed by atoms with Gasteiger partial charge >= 0.3 is 0 Å². The molecule has 0 bridgehead atoms. The van der Waals surface area contributed by atoms with Crippen LogP contribution in [-0.2, 0) is 9.53 Å². The van der Waals surface area contributed by atoms with Crippen LogP contribution in [0.3, 0.4) is 0 Å². The SMILES string of the molecule is CC1CCN(C(=O)C2OCCC2C)CC1CN. The van der Waals surface area contributed by atoms with Gasteiger partial charge in [-0.1, -0.05) is 13.8 Å². The summed E-state index contributed by atoms with van der Waals surface area (Å²) in [5.41, 5.74) is 5.77. The molecule has 0 aromatic rings. The minimum atomic E-state index is -0.207. The van der Waals surface area contributed by atoms with Crippen LogP contribution < -0.4 is 5.73 Å². The molecule has 2 N–H and O–H groups in total. The second-order valence-corrected chi connectivity index (χ2v) is 5.60. The maximum atomic E-state index is 12.3. The van der Waals surface area contributed by atoms with Gasteiger partial charge in [-0.25, -0.2) is 0 Å². The molecule has 0 aliphatic carbocycles. The number of nitrogens with zero attached hydrogens (tertiary/aromatic N) is 1. The standard InChI is InChI=1S/C13H24N2O2/c1-9-3-5-15(8-11(9)7-14)13(16)12-10(2)4-6-17-12/h9-12H,3-8,14H2,1-2H3.